The highest BCUT2D eigenvalue weighted by Gasteiger charge is 2.20. The van der Waals surface area contributed by atoms with E-state index in [1.807, 2.05) is 6.92 Å². The van der Waals surface area contributed by atoms with Crippen LogP contribution in [-0.4, -0.2) is 23.2 Å². The van der Waals surface area contributed by atoms with Gasteiger partial charge in [-0.2, -0.15) is 5.10 Å². The Bertz CT molecular complexity index is 692. The molecule has 0 spiro atoms. The van der Waals surface area contributed by atoms with Gasteiger partial charge in [0.1, 0.15) is 0 Å². The van der Waals surface area contributed by atoms with Gasteiger partial charge in [0.05, 0.1) is 33.9 Å². The maximum Gasteiger partial charge on any atom is 0.186 e. The number of nitrogen functional groups attached to an aromatic ring is 1. The molecule has 0 atom stereocenters. The van der Waals surface area contributed by atoms with Crippen molar-refractivity contribution in [2.45, 2.75) is 24.0 Å². The molecule has 0 bridgehead atoms. The Morgan fingerprint density at radius 3 is 2.74 bits per heavy atom. The molecule has 2 aromatic heterocycles. The van der Waals surface area contributed by atoms with Gasteiger partial charge in [-0.15, -0.1) is 0 Å². The quantitative estimate of drug-likeness (QED) is 0.899. The van der Waals surface area contributed by atoms with E-state index in [2.05, 4.69) is 10.1 Å². The summed E-state index contributed by atoms with van der Waals surface area (Å²) >= 11 is 0. The van der Waals surface area contributed by atoms with Gasteiger partial charge in [-0.05, 0) is 18.6 Å². The summed E-state index contributed by atoms with van der Waals surface area (Å²) in [5, 5.41) is 4.24. The fourth-order valence-electron chi connectivity index (χ4n) is 1.83. The van der Waals surface area contributed by atoms with Gasteiger partial charge >= 0.3 is 0 Å². The van der Waals surface area contributed by atoms with Gasteiger partial charge < -0.3 is 5.73 Å². The van der Waals surface area contributed by atoms with Crippen LogP contribution in [0.1, 0.15) is 18.3 Å². The van der Waals surface area contributed by atoms with E-state index >= 15 is 0 Å². The number of anilines is 1. The van der Waals surface area contributed by atoms with E-state index in [0.29, 0.717) is 5.69 Å². The Balaban J connectivity index is 2.36. The van der Waals surface area contributed by atoms with E-state index in [1.54, 1.807) is 17.8 Å². The number of hydrogen-bond donors (Lipinski definition) is 1. The van der Waals surface area contributed by atoms with E-state index in [1.165, 1.54) is 18.5 Å². The average Bonchev–Trinajstić information content (AvgIpc) is 2.70. The largest absolute Gasteiger partial charge is 0.396 e. The van der Waals surface area contributed by atoms with Crippen LogP contribution in [0.5, 0.6) is 0 Å². The minimum Gasteiger partial charge on any atom is -0.396 e. The number of sulfone groups is 1. The lowest BCUT2D eigenvalue weighted by atomic mass is 10.3. The molecule has 2 N–H and O–H groups in total. The molecule has 0 saturated carbocycles. The van der Waals surface area contributed by atoms with Gasteiger partial charge in [0.15, 0.2) is 9.84 Å². The molecule has 2 heterocycles. The minimum absolute atomic E-state index is 0.113. The Labute approximate surface area is 112 Å². The molecule has 0 amide bonds. The fourth-order valence-corrected chi connectivity index (χ4v) is 3.32. The highest BCUT2D eigenvalue weighted by molar-refractivity contribution is 7.90. The van der Waals surface area contributed by atoms with Gasteiger partial charge in [-0.1, -0.05) is 6.92 Å². The lowest BCUT2D eigenvalue weighted by Gasteiger charge is -2.06. The molecule has 2 aromatic rings. The van der Waals surface area contributed by atoms with Crippen LogP contribution in [0.15, 0.2) is 29.4 Å². The first-order chi connectivity index (χ1) is 8.94. The van der Waals surface area contributed by atoms with E-state index in [-0.39, 0.29) is 16.3 Å². The molecule has 102 valence electrons. The molecule has 0 aliphatic carbocycles. The molecule has 0 aliphatic rings. The second kappa shape index (κ2) is 5.00. The summed E-state index contributed by atoms with van der Waals surface area (Å²) in [6.45, 7) is 1.97. The second-order valence-corrected chi connectivity index (χ2v) is 6.23. The zero-order chi connectivity index (χ0) is 14.0. The summed E-state index contributed by atoms with van der Waals surface area (Å²) in [5.41, 5.74) is 7.35. The molecule has 0 saturated heterocycles. The molecule has 0 unspecified atom stereocenters. The van der Waals surface area contributed by atoms with Gasteiger partial charge in [-0.3, -0.25) is 9.67 Å². The third-order valence-electron chi connectivity index (χ3n) is 2.87. The van der Waals surface area contributed by atoms with Crippen LogP contribution in [-0.2, 0) is 29.1 Å². The monoisotopic (exact) mass is 280 g/mol. The van der Waals surface area contributed by atoms with Crippen molar-refractivity contribution in [1.29, 1.82) is 0 Å². The molecule has 0 aromatic carbocycles. The SMILES string of the molecule is CCc1cc(CS(=O)(=O)c2ccncc2N)n(C)n1. The normalized spacial score (nSPS) is 11.7. The Hall–Kier alpha value is -1.89. The number of hydrogen-bond acceptors (Lipinski definition) is 5. The van der Waals surface area contributed by atoms with Crippen LogP contribution in [0.2, 0.25) is 0 Å². The predicted octanol–water partition coefficient (Wildman–Crippen LogP) is 0.934. The van der Waals surface area contributed by atoms with Gasteiger partial charge in [0.25, 0.3) is 0 Å². The first kappa shape index (κ1) is 13.5. The molecule has 0 fully saturated rings. The first-order valence-corrected chi connectivity index (χ1v) is 7.53. The van der Waals surface area contributed by atoms with Crippen LogP contribution >= 0.6 is 0 Å². The van der Waals surface area contributed by atoms with Crippen LogP contribution in [0.4, 0.5) is 5.69 Å². The molecular weight excluding hydrogens is 264 g/mol. The highest BCUT2D eigenvalue weighted by atomic mass is 32.2. The minimum atomic E-state index is -3.49. The lowest BCUT2D eigenvalue weighted by Crippen LogP contribution is -2.11. The predicted molar refractivity (Wildman–Crippen MR) is 72.1 cm³/mol. The van der Waals surface area contributed by atoms with Crippen molar-refractivity contribution in [3.05, 3.63) is 35.9 Å². The van der Waals surface area contributed by atoms with Crippen molar-refractivity contribution < 1.29 is 8.42 Å². The number of rotatable bonds is 4. The van der Waals surface area contributed by atoms with Crippen LogP contribution in [0, 0.1) is 0 Å². The molecule has 2 rings (SSSR count). The zero-order valence-electron chi connectivity index (χ0n) is 10.9. The van der Waals surface area contributed by atoms with E-state index in [0.717, 1.165) is 12.1 Å². The summed E-state index contributed by atoms with van der Waals surface area (Å²) in [5.74, 6) is -0.120. The number of pyridine rings is 1. The van der Waals surface area contributed by atoms with Crippen molar-refractivity contribution in [3.8, 4) is 0 Å². The van der Waals surface area contributed by atoms with Crippen LogP contribution < -0.4 is 5.73 Å². The molecule has 6 nitrogen and oxygen atoms in total. The lowest BCUT2D eigenvalue weighted by molar-refractivity contribution is 0.592. The summed E-state index contributed by atoms with van der Waals surface area (Å²) in [6, 6.07) is 3.22. The highest BCUT2D eigenvalue weighted by Crippen LogP contribution is 2.21. The number of aromatic nitrogens is 3. The summed E-state index contributed by atoms with van der Waals surface area (Å²) in [7, 11) is -1.75. The smallest absolute Gasteiger partial charge is 0.186 e. The summed E-state index contributed by atoms with van der Waals surface area (Å²) < 4.78 is 26.2. The first-order valence-electron chi connectivity index (χ1n) is 5.88. The maximum atomic E-state index is 12.3. The average molecular weight is 280 g/mol. The van der Waals surface area contributed by atoms with Gasteiger partial charge in [0, 0.05) is 13.2 Å². The Morgan fingerprint density at radius 1 is 1.42 bits per heavy atom. The third kappa shape index (κ3) is 2.76. The number of aryl methyl sites for hydroxylation is 2. The van der Waals surface area contributed by atoms with Crippen molar-refractivity contribution in [2.75, 3.05) is 5.73 Å². The van der Waals surface area contributed by atoms with Crippen molar-refractivity contribution in [1.82, 2.24) is 14.8 Å². The molecule has 7 heteroatoms. The van der Waals surface area contributed by atoms with Crippen molar-refractivity contribution in [2.24, 2.45) is 7.05 Å². The van der Waals surface area contributed by atoms with Gasteiger partial charge in [-0.25, -0.2) is 8.42 Å². The van der Waals surface area contributed by atoms with E-state index in [9.17, 15) is 8.42 Å². The van der Waals surface area contributed by atoms with Crippen molar-refractivity contribution in [3.63, 3.8) is 0 Å². The summed E-state index contributed by atoms with van der Waals surface area (Å²) in [6.07, 6.45) is 3.53. The number of nitrogens with two attached hydrogens (primary N) is 1. The summed E-state index contributed by atoms with van der Waals surface area (Å²) in [4.78, 5) is 3.91. The maximum absolute atomic E-state index is 12.3. The molecule has 19 heavy (non-hydrogen) atoms. The molecule has 0 radical (unpaired) electrons. The third-order valence-corrected chi connectivity index (χ3v) is 4.59. The fraction of sp³-hybridized carbons (Fsp3) is 0.333. The Morgan fingerprint density at radius 2 is 2.16 bits per heavy atom. The van der Waals surface area contributed by atoms with Crippen LogP contribution in [0.3, 0.4) is 0 Å². The topological polar surface area (TPSA) is 90.9 Å². The number of nitrogens with zero attached hydrogens (tertiary/aromatic N) is 3. The Kier molecular flexibility index (Phi) is 3.57. The van der Waals surface area contributed by atoms with Crippen LogP contribution in [0.25, 0.3) is 0 Å². The van der Waals surface area contributed by atoms with Crippen molar-refractivity contribution >= 4 is 15.5 Å². The molecular formula is C12H16N4O2S. The molecule has 0 aliphatic heterocycles. The zero-order valence-corrected chi connectivity index (χ0v) is 11.7. The van der Waals surface area contributed by atoms with Gasteiger partial charge in [0.2, 0.25) is 0 Å². The second-order valence-electron chi connectivity index (χ2n) is 4.28. The van der Waals surface area contributed by atoms with E-state index in [4.69, 9.17) is 5.73 Å². The van der Waals surface area contributed by atoms with E-state index < -0.39 is 9.84 Å². The standard InChI is InChI=1S/C12H16N4O2S/c1-3-9-6-10(16(2)15-9)8-19(17,18)12-4-5-14-7-11(12)13/h4-7H,3,8,13H2,1-2H3.